The standard InChI is InChI=1S/C33H64N4/c1-22(18-30(8,9)34)23-16-25(28(4,5)20-32(12,13)36)26(29(6,7)21-33(14,15)37)17-24(23)27(2,3)19-31(10,11)35/h16-17,22H,18-21,34-37H2,1-15H3. The van der Waals surface area contributed by atoms with Gasteiger partial charge in [-0.1, -0.05) is 60.6 Å². The molecule has 0 aliphatic heterocycles. The van der Waals surface area contributed by atoms with Gasteiger partial charge in [-0.15, -0.1) is 0 Å². The lowest BCUT2D eigenvalue weighted by atomic mass is 9.63. The Labute approximate surface area is 231 Å². The zero-order chi connectivity index (χ0) is 29.6. The van der Waals surface area contributed by atoms with Crippen molar-refractivity contribution in [3.05, 3.63) is 34.4 Å². The van der Waals surface area contributed by atoms with Crippen molar-refractivity contribution in [1.29, 1.82) is 0 Å². The third kappa shape index (κ3) is 10.6. The Balaban J connectivity index is 4.15. The van der Waals surface area contributed by atoms with E-state index in [2.05, 4.69) is 116 Å². The molecule has 1 unspecified atom stereocenters. The van der Waals surface area contributed by atoms with Crippen molar-refractivity contribution in [3.8, 4) is 0 Å². The predicted octanol–water partition coefficient (Wildman–Crippen LogP) is 7.13. The highest BCUT2D eigenvalue weighted by Crippen LogP contribution is 2.47. The summed E-state index contributed by atoms with van der Waals surface area (Å²) in [7, 11) is 0. The minimum absolute atomic E-state index is 0.112. The lowest BCUT2D eigenvalue weighted by Gasteiger charge is -2.43. The van der Waals surface area contributed by atoms with Crippen LogP contribution in [0.15, 0.2) is 12.1 Å². The molecule has 4 heteroatoms. The number of benzene rings is 1. The first kappa shape index (κ1) is 34.1. The van der Waals surface area contributed by atoms with Crippen molar-refractivity contribution in [2.75, 3.05) is 0 Å². The van der Waals surface area contributed by atoms with Crippen LogP contribution < -0.4 is 22.9 Å². The van der Waals surface area contributed by atoms with Gasteiger partial charge in [-0.25, -0.2) is 0 Å². The lowest BCUT2D eigenvalue weighted by molar-refractivity contribution is 0.319. The maximum Gasteiger partial charge on any atom is 0.0105 e. The molecule has 0 aliphatic rings. The van der Waals surface area contributed by atoms with Crippen LogP contribution in [0.3, 0.4) is 0 Å². The molecule has 0 saturated heterocycles. The normalized spacial score (nSPS) is 15.8. The average molecular weight is 517 g/mol. The van der Waals surface area contributed by atoms with E-state index in [0.29, 0.717) is 5.92 Å². The molecule has 4 nitrogen and oxygen atoms in total. The summed E-state index contributed by atoms with van der Waals surface area (Å²) in [6, 6.07) is 5.01. The monoisotopic (exact) mass is 517 g/mol. The third-order valence-corrected chi connectivity index (χ3v) is 7.43. The summed E-state index contributed by atoms with van der Waals surface area (Å²) in [5, 5.41) is 0. The molecule has 216 valence electrons. The summed E-state index contributed by atoms with van der Waals surface area (Å²) in [6.07, 6.45) is 3.54. The van der Waals surface area contributed by atoms with E-state index in [1.54, 1.807) is 0 Å². The molecule has 0 radical (unpaired) electrons. The Hall–Kier alpha value is -0.940. The summed E-state index contributed by atoms with van der Waals surface area (Å²) in [5.41, 5.74) is 30.5. The van der Waals surface area contributed by atoms with E-state index >= 15 is 0 Å². The topological polar surface area (TPSA) is 104 Å². The predicted molar refractivity (Wildman–Crippen MR) is 165 cm³/mol. The van der Waals surface area contributed by atoms with Gasteiger partial charge in [-0.05, 0) is 125 Å². The van der Waals surface area contributed by atoms with Crippen molar-refractivity contribution in [3.63, 3.8) is 0 Å². The van der Waals surface area contributed by atoms with Crippen LogP contribution in [0.2, 0.25) is 0 Å². The van der Waals surface area contributed by atoms with E-state index in [1.165, 1.54) is 22.3 Å². The zero-order valence-electron chi connectivity index (χ0n) is 27.4. The second-order valence-corrected chi connectivity index (χ2v) is 17.2. The van der Waals surface area contributed by atoms with Gasteiger partial charge in [0.1, 0.15) is 0 Å². The van der Waals surface area contributed by atoms with E-state index in [0.717, 1.165) is 25.7 Å². The maximum atomic E-state index is 6.62. The van der Waals surface area contributed by atoms with E-state index in [9.17, 15) is 0 Å². The van der Waals surface area contributed by atoms with Gasteiger partial charge in [0, 0.05) is 22.2 Å². The maximum absolute atomic E-state index is 6.62. The number of hydrogen-bond donors (Lipinski definition) is 4. The van der Waals surface area contributed by atoms with Gasteiger partial charge in [-0.2, -0.15) is 0 Å². The highest BCUT2D eigenvalue weighted by Gasteiger charge is 2.39. The number of hydrogen-bond acceptors (Lipinski definition) is 4. The Morgan fingerprint density at radius 2 is 0.784 bits per heavy atom. The van der Waals surface area contributed by atoms with Crippen molar-refractivity contribution in [2.24, 2.45) is 22.9 Å². The van der Waals surface area contributed by atoms with Gasteiger partial charge < -0.3 is 22.9 Å². The van der Waals surface area contributed by atoms with E-state index in [4.69, 9.17) is 22.9 Å². The molecular formula is C33H64N4. The Bertz CT molecular complexity index is 910. The minimum Gasteiger partial charge on any atom is -0.326 e. The quantitative estimate of drug-likeness (QED) is 0.237. The van der Waals surface area contributed by atoms with Gasteiger partial charge in [-0.3, -0.25) is 0 Å². The molecule has 1 atom stereocenters. The molecule has 1 aromatic carbocycles. The lowest BCUT2D eigenvalue weighted by Crippen LogP contribution is -2.43. The van der Waals surface area contributed by atoms with Crippen LogP contribution >= 0.6 is 0 Å². The third-order valence-electron chi connectivity index (χ3n) is 7.43. The summed E-state index contributed by atoms with van der Waals surface area (Å²) in [6.45, 7) is 33.4. The fourth-order valence-electron chi connectivity index (χ4n) is 7.33. The molecule has 1 aromatic rings. The summed E-state index contributed by atoms with van der Waals surface area (Å²) in [5.74, 6) is 0.304. The Morgan fingerprint density at radius 1 is 0.486 bits per heavy atom. The molecule has 0 bridgehead atoms. The molecule has 0 amide bonds. The highest BCUT2D eigenvalue weighted by atomic mass is 14.7. The van der Waals surface area contributed by atoms with Gasteiger partial charge >= 0.3 is 0 Å². The average Bonchev–Trinajstić information content (AvgIpc) is 2.52. The second-order valence-electron chi connectivity index (χ2n) is 17.2. The van der Waals surface area contributed by atoms with Gasteiger partial charge in [0.15, 0.2) is 0 Å². The molecule has 8 N–H and O–H groups in total. The van der Waals surface area contributed by atoms with Crippen LogP contribution in [-0.4, -0.2) is 22.2 Å². The van der Waals surface area contributed by atoms with Crippen LogP contribution in [0.25, 0.3) is 0 Å². The second kappa shape index (κ2) is 10.6. The molecule has 0 heterocycles. The highest BCUT2D eigenvalue weighted by molar-refractivity contribution is 5.49. The fourth-order valence-corrected chi connectivity index (χ4v) is 7.33. The van der Waals surface area contributed by atoms with E-state index in [1.807, 2.05) is 0 Å². The first-order valence-electron chi connectivity index (χ1n) is 14.3. The molecule has 0 aromatic heterocycles. The molecule has 37 heavy (non-hydrogen) atoms. The van der Waals surface area contributed by atoms with Crippen molar-refractivity contribution in [1.82, 2.24) is 0 Å². The summed E-state index contributed by atoms with van der Waals surface area (Å²) >= 11 is 0. The van der Waals surface area contributed by atoms with Gasteiger partial charge in [0.05, 0.1) is 0 Å². The zero-order valence-corrected chi connectivity index (χ0v) is 27.4. The van der Waals surface area contributed by atoms with Crippen LogP contribution in [0, 0.1) is 0 Å². The molecule has 0 fully saturated rings. The number of nitrogens with two attached hydrogens (primary N) is 4. The minimum atomic E-state index is -0.289. The Morgan fingerprint density at radius 3 is 1.08 bits per heavy atom. The first-order valence-corrected chi connectivity index (χ1v) is 14.3. The summed E-state index contributed by atoms with van der Waals surface area (Å²) < 4.78 is 0. The van der Waals surface area contributed by atoms with Crippen molar-refractivity contribution < 1.29 is 0 Å². The van der Waals surface area contributed by atoms with Crippen LogP contribution in [-0.2, 0) is 16.2 Å². The summed E-state index contributed by atoms with van der Waals surface area (Å²) in [4.78, 5) is 0. The molecule has 0 aliphatic carbocycles. The molecular weight excluding hydrogens is 452 g/mol. The van der Waals surface area contributed by atoms with Crippen molar-refractivity contribution in [2.45, 2.75) is 174 Å². The van der Waals surface area contributed by atoms with E-state index < -0.39 is 0 Å². The smallest absolute Gasteiger partial charge is 0.0105 e. The largest absolute Gasteiger partial charge is 0.326 e. The van der Waals surface area contributed by atoms with Gasteiger partial charge in [0.25, 0.3) is 0 Å². The van der Waals surface area contributed by atoms with Crippen molar-refractivity contribution >= 4 is 0 Å². The van der Waals surface area contributed by atoms with Crippen LogP contribution in [0.1, 0.15) is 158 Å². The molecule has 0 spiro atoms. The van der Waals surface area contributed by atoms with E-state index in [-0.39, 0.29) is 38.4 Å². The van der Waals surface area contributed by atoms with Crippen LogP contribution in [0.5, 0.6) is 0 Å². The van der Waals surface area contributed by atoms with Crippen LogP contribution in [0.4, 0.5) is 0 Å². The van der Waals surface area contributed by atoms with Gasteiger partial charge in [0.2, 0.25) is 0 Å². The molecule has 0 saturated carbocycles. The SMILES string of the molecule is CC(CC(C)(C)N)c1cc(C(C)(C)CC(C)(C)N)c(C(C)(C)CC(C)(C)N)cc1C(C)(C)CC(C)(C)N. The fraction of sp³-hybridized carbons (Fsp3) is 0.818. The first-order chi connectivity index (χ1) is 16.0. The number of rotatable bonds is 12. The molecule has 1 rings (SSSR count). The Kier molecular flexibility index (Phi) is 9.73.